The van der Waals surface area contributed by atoms with Crippen LogP contribution in [-0.2, 0) is 16.1 Å². The summed E-state index contributed by atoms with van der Waals surface area (Å²) in [5, 5.41) is 3.51. The number of benzene rings is 1. The third kappa shape index (κ3) is 4.43. The second kappa shape index (κ2) is 8.88. The molecule has 0 radical (unpaired) electrons. The number of nitrogens with zero attached hydrogens (tertiary/aromatic N) is 3. The van der Waals surface area contributed by atoms with Gasteiger partial charge in [-0.25, -0.2) is 0 Å². The predicted octanol–water partition coefficient (Wildman–Crippen LogP) is 4.98. The van der Waals surface area contributed by atoms with Crippen molar-refractivity contribution < 1.29 is 9.59 Å². The Labute approximate surface area is 192 Å². The van der Waals surface area contributed by atoms with E-state index in [1.54, 1.807) is 46.4 Å². The summed E-state index contributed by atoms with van der Waals surface area (Å²) in [5.41, 5.74) is 1.79. The summed E-state index contributed by atoms with van der Waals surface area (Å²) in [7, 11) is 0. The standard InChI is InChI=1S/C22H19BrClN3O2S/c1-14-22(29)26(12-15-2-4-18-19(24)6-7-25-20(18)10-15)8-9-27(14)21(28)5-3-17-11-16(23)13-30-17/h2-7,10-11,13-14H,8-9,12H2,1H3. The molecule has 2 amide bonds. The number of fused-ring (bicyclic) bond motifs is 1. The third-order valence-electron chi connectivity index (χ3n) is 5.14. The van der Waals surface area contributed by atoms with Crippen molar-refractivity contribution in [3.8, 4) is 0 Å². The molecule has 1 saturated heterocycles. The number of thiophene rings is 1. The van der Waals surface area contributed by atoms with Crippen LogP contribution in [0.2, 0.25) is 5.02 Å². The number of carbonyl (C=O) groups excluding carboxylic acids is 2. The zero-order chi connectivity index (χ0) is 21.3. The largest absolute Gasteiger partial charge is 0.335 e. The lowest BCUT2D eigenvalue weighted by Crippen LogP contribution is -2.56. The monoisotopic (exact) mass is 503 g/mol. The Hall–Kier alpha value is -2.22. The molecule has 1 aliphatic rings. The first-order chi connectivity index (χ1) is 14.4. The molecule has 154 valence electrons. The van der Waals surface area contributed by atoms with Crippen LogP contribution in [-0.4, -0.2) is 45.7 Å². The van der Waals surface area contributed by atoms with E-state index in [2.05, 4.69) is 20.9 Å². The summed E-state index contributed by atoms with van der Waals surface area (Å²) in [4.78, 5) is 34.3. The molecule has 1 atom stereocenters. The minimum absolute atomic E-state index is 0.0546. The number of pyridine rings is 1. The molecule has 1 unspecified atom stereocenters. The van der Waals surface area contributed by atoms with E-state index >= 15 is 0 Å². The van der Waals surface area contributed by atoms with E-state index in [-0.39, 0.29) is 11.8 Å². The van der Waals surface area contributed by atoms with Crippen molar-refractivity contribution in [1.82, 2.24) is 14.8 Å². The van der Waals surface area contributed by atoms with Gasteiger partial charge in [0, 0.05) is 52.0 Å². The zero-order valence-electron chi connectivity index (χ0n) is 16.2. The molecule has 0 bridgehead atoms. The lowest BCUT2D eigenvalue weighted by atomic mass is 10.1. The van der Waals surface area contributed by atoms with Crippen molar-refractivity contribution >= 4 is 67.7 Å². The average Bonchev–Trinajstić information content (AvgIpc) is 3.15. The van der Waals surface area contributed by atoms with Gasteiger partial charge in [0.1, 0.15) is 6.04 Å². The van der Waals surface area contributed by atoms with Gasteiger partial charge in [0.05, 0.1) is 10.5 Å². The molecular formula is C22H19BrClN3O2S. The number of aromatic nitrogens is 1. The normalized spacial score (nSPS) is 17.3. The molecule has 5 nitrogen and oxygen atoms in total. The summed E-state index contributed by atoms with van der Waals surface area (Å²) in [6.07, 6.45) is 5.00. The fourth-order valence-electron chi connectivity index (χ4n) is 3.53. The number of amides is 2. The summed E-state index contributed by atoms with van der Waals surface area (Å²) >= 11 is 11.2. The number of carbonyl (C=O) groups is 2. The molecule has 0 N–H and O–H groups in total. The van der Waals surface area contributed by atoms with Crippen molar-refractivity contribution in [2.45, 2.75) is 19.5 Å². The van der Waals surface area contributed by atoms with Crippen molar-refractivity contribution in [3.63, 3.8) is 0 Å². The van der Waals surface area contributed by atoms with Crippen molar-refractivity contribution in [1.29, 1.82) is 0 Å². The highest BCUT2D eigenvalue weighted by Crippen LogP contribution is 2.24. The van der Waals surface area contributed by atoms with Crippen LogP contribution in [0.3, 0.4) is 0 Å². The van der Waals surface area contributed by atoms with E-state index < -0.39 is 6.04 Å². The average molecular weight is 505 g/mol. The van der Waals surface area contributed by atoms with Gasteiger partial charge in [-0.3, -0.25) is 14.6 Å². The van der Waals surface area contributed by atoms with Crippen molar-refractivity contribution in [2.75, 3.05) is 13.1 Å². The highest BCUT2D eigenvalue weighted by molar-refractivity contribution is 9.10. The Balaban J connectivity index is 1.43. The quantitative estimate of drug-likeness (QED) is 0.471. The van der Waals surface area contributed by atoms with Gasteiger partial charge in [0.2, 0.25) is 11.8 Å². The third-order valence-corrected chi connectivity index (χ3v) is 7.12. The van der Waals surface area contributed by atoms with Gasteiger partial charge in [-0.1, -0.05) is 23.7 Å². The molecule has 1 aromatic carbocycles. The number of hydrogen-bond donors (Lipinski definition) is 0. The Kier molecular flexibility index (Phi) is 6.22. The van der Waals surface area contributed by atoms with E-state index in [1.165, 1.54) is 6.08 Å². The predicted molar refractivity (Wildman–Crippen MR) is 124 cm³/mol. The molecular weight excluding hydrogens is 486 g/mol. The van der Waals surface area contributed by atoms with Gasteiger partial charge < -0.3 is 9.80 Å². The lowest BCUT2D eigenvalue weighted by molar-refractivity contribution is -0.148. The van der Waals surface area contributed by atoms with Crippen LogP contribution >= 0.6 is 38.9 Å². The summed E-state index contributed by atoms with van der Waals surface area (Å²) in [6, 6.07) is 9.07. The van der Waals surface area contributed by atoms with Crippen LogP contribution in [0.25, 0.3) is 17.0 Å². The highest BCUT2D eigenvalue weighted by Gasteiger charge is 2.33. The minimum Gasteiger partial charge on any atom is -0.335 e. The first kappa shape index (κ1) is 21.0. The molecule has 4 rings (SSSR count). The van der Waals surface area contributed by atoms with Crippen LogP contribution in [0.15, 0.2) is 52.5 Å². The Morgan fingerprint density at radius 2 is 2.17 bits per heavy atom. The van der Waals surface area contributed by atoms with Crippen LogP contribution in [0.4, 0.5) is 0 Å². The molecule has 3 heterocycles. The second-order valence-electron chi connectivity index (χ2n) is 7.11. The molecule has 0 saturated carbocycles. The van der Waals surface area contributed by atoms with E-state index in [1.807, 2.05) is 29.6 Å². The fraction of sp³-hybridized carbons (Fsp3) is 0.227. The summed E-state index contributed by atoms with van der Waals surface area (Å²) in [6.45, 7) is 3.26. The Bertz CT molecular complexity index is 1150. The molecule has 8 heteroatoms. The van der Waals surface area contributed by atoms with Crippen LogP contribution in [0.5, 0.6) is 0 Å². The molecule has 0 spiro atoms. The number of rotatable bonds is 4. The van der Waals surface area contributed by atoms with Crippen molar-refractivity contribution in [3.05, 3.63) is 67.9 Å². The lowest BCUT2D eigenvalue weighted by Gasteiger charge is -2.38. The van der Waals surface area contributed by atoms with Gasteiger partial charge in [-0.15, -0.1) is 11.3 Å². The van der Waals surface area contributed by atoms with E-state index in [0.29, 0.717) is 24.7 Å². The number of halogens is 2. The topological polar surface area (TPSA) is 53.5 Å². The second-order valence-corrected chi connectivity index (χ2v) is 9.38. The van der Waals surface area contributed by atoms with Gasteiger partial charge in [0.15, 0.2) is 0 Å². The fourth-order valence-corrected chi connectivity index (χ4v) is 5.08. The molecule has 2 aromatic heterocycles. The molecule has 0 aliphatic carbocycles. The van der Waals surface area contributed by atoms with Gasteiger partial charge >= 0.3 is 0 Å². The number of piperazine rings is 1. The first-order valence-electron chi connectivity index (χ1n) is 9.47. The molecule has 3 aromatic rings. The molecule has 1 fully saturated rings. The zero-order valence-corrected chi connectivity index (χ0v) is 19.4. The van der Waals surface area contributed by atoms with Gasteiger partial charge in [-0.05, 0) is 52.7 Å². The summed E-state index contributed by atoms with van der Waals surface area (Å²) < 4.78 is 0.989. The highest BCUT2D eigenvalue weighted by atomic mass is 79.9. The van der Waals surface area contributed by atoms with Crippen LogP contribution in [0, 0.1) is 0 Å². The van der Waals surface area contributed by atoms with Crippen molar-refractivity contribution in [2.24, 2.45) is 0 Å². The SMILES string of the molecule is CC1C(=O)N(Cc2ccc3c(Cl)ccnc3c2)CCN1C(=O)C=Cc1cc(Br)cs1. The van der Waals surface area contributed by atoms with Gasteiger partial charge in [0.25, 0.3) is 0 Å². The van der Waals surface area contributed by atoms with Gasteiger partial charge in [-0.2, -0.15) is 0 Å². The molecule has 1 aliphatic heterocycles. The molecule has 30 heavy (non-hydrogen) atoms. The summed E-state index contributed by atoms with van der Waals surface area (Å²) in [5.74, 6) is -0.203. The maximum atomic E-state index is 12.9. The first-order valence-corrected chi connectivity index (χ1v) is 11.5. The number of hydrogen-bond acceptors (Lipinski definition) is 4. The van der Waals surface area contributed by atoms with Crippen LogP contribution in [0.1, 0.15) is 17.4 Å². The maximum absolute atomic E-state index is 12.9. The van der Waals surface area contributed by atoms with Crippen LogP contribution < -0.4 is 0 Å². The van der Waals surface area contributed by atoms with E-state index in [4.69, 9.17) is 11.6 Å². The Morgan fingerprint density at radius 1 is 1.33 bits per heavy atom. The smallest absolute Gasteiger partial charge is 0.247 e. The van der Waals surface area contributed by atoms with E-state index in [0.717, 1.165) is 25.8 Å². The van der Waals surface area contributed by atoms with E-state index in [9.17, 15) is 9.59 Å². The maximum Gasteiger partial charge on any atom is 0.247 e. The minimum atomic E-state index is -0.501. The Morgan fingerprint density at radius 3 is 2.93 bits per heavy atom.